The third kappa shape index (κ3) is 2.81. The lowest BCUT2D eigenvalue weighted by molar-refractivity contribution is 0.109. The molecule has 0 aromatic carbocycles. The second-order valence-corrected chi connectivity index (χ2v) is 5.83. The van der Waals surface area contributed by atoms with Gasteiger partial charge in [0.1, 0.15) is 11.6 Å². The van der Waals surface area contributed by atoms with Crippen LogP contribution in [0.1, 0.15) is 44.3 Å². The fraction of sp³-hybridized carbons (Fsp3) is 0.714. The van der Waals surface area contributed by atoms with E-state index in [-0.39, 0.29) is 11.7 Å². The number of nitrogens with zero attached hydrogens (tertiary/aromatic N) is 2. The van der Waals surface area contributed by atoms with Crippen LogP contribution < -0.4 is 10.5 Å². The zero-order chi connectivity index (χ0) is 13.4. The summed E-state index contributed by atoms with van der Waals surface area (Å²) in [7, 11) is 0. The first kappa shape index (κ1) is 12.7. The zero-order valence-corrected chi connectivity index (χ0v) is 11.3. The maximum absolute atomic E-state index is 11.7. The molecule has 5 nitrogen and oxygen atoms in total. The topological polar surface area (TPSA) is 69.2 Å². The van der Waals surface area contributed by atoms with Crippen LogP contribution in [0.4, 0.5) is 5.82 Å². The lowest BCUT2D eigenvalue weighted by Gasteiger charge is -2.34. The van der Waals surface area contributed by atoms with E-state index >= 15 is 0 Å². The number of hydrogen-bond donors (Lipinski definition) is 2. The predicted octanol–water partition coefficient (Wildman–Crippen LogP) is 1.24. The molecule has 5 heteroatoms. The summed E-state index contributed by atoms with van der Waals surface area (Å²) in [5.41, 5.74) is -0.0513. The minimum Gasteiger partial charge on any atom is -0.393 e. The fourth-order valence-corrected chi connectivity index (χ4v) is 2.79. The third-order valence-electron chi connectivity index (χ3n) is 4.26. The number of aliphatic hydroxyl groups is 1. The van der Waals surface area contributed by atoms with Gasteiger partial charge in [-0.15, -0.1) is 0 Å². The zero-order valence-electron chi connectivity index (χ0n) is 11.3. The molecule has 3 rings (SSSR count). The van der Waals surface area contributed by atoms with Crippen molar-refractivity contribution in [2.45, 2.75) is 44.6 Å². The van der Waals surface area contributed by atoms with Crippen LogP contribution in [0, 0.1) is 5.92 Å². The molecule has 1 saturated carbocycles. The van der Waals surface area contributed by atoms with E-state index in [1.54, 1.807) is 6.07 Å². The Hall–Kier alpha value is -1.36. The smallest absolute Gasteiger partial charge is 0.252 e. The summed E-state index contributed by atoms with van der Waals surface area (Å²) in [6.45, 7) is 3.60. The van der Waals surface area contributed by atoms with E-state index in [1.165, 1.54) is 0 Å². The van der Waals surface area contributed by atoms with Gasteiger partial charge in [-0.25, -0.2) is 4.98 Å². The van der Waals surface area contributed by atoms with Gasteiger partial charge >= 0.3 is 0 Å². The van der Waals surface area contributed by atoms with Crippen molar-refractivity contribution >= 4 is 5.82 Å². The number of anilines is 1. The second-order valence-electron chi connectivity index (χ2n) is 5.83. The van der Waals surface area contributed by atoms with Gasteiger partial charge in [0.2, 0.25) is 0 Å². The monoisotopic (exact) mass is 263 g/mol. The lowest BCUT2D eigenvalue weighted by Crippen LogP contribution is -2.38. The van der Waals surface area contributed by atoms with Gasteiger partial charge in [0.25, 0.3) is 5.56 Å². The molecule has 1 saturated heterocycles. The molecule has 0 amide bonds. The molecule has 2 N–H and O–H groups in total. The van der Waals surface area contributed by atoms with Crippen LogP contribution in [0.15, 0.2) is 10.9 Å². The SMILES string of the molecule is CC(O)C1CCN(c2cc(=O)[nH]c(C3CC3)n2)CC1. The number of nitrogens with one attached hydrogen (secondary N) is 1. The molecule has 1 aliphatic carbocycles. The standard InChI is InChI=1S/C14H21N3O2/c1-9(18)10-4-6-17(7-5-10)12-8-13(19)16-14(15-12)11-2-3-11/h8-11,18H,2-7H2,1H3,(H,15,16,19). The molecule has 2 aliphatic rings. The molecule has 2 fully saturated rings. The molecule has 1 atom stereocenters. The molecule has 19 heavy (non-hydrogen) atoms. The summed E-state index contributed by atoms with van der Waals surface area (Å²) < 4.78 is 0. The van der Waals surface area contributed by atoms with E-state index in [2.05, 4.69) is 14.9 Å². The van der Waals surface area contributed by atoms with Crippen molar-refractivity contribution < 1.29 is 5.11 Å². The van der Waals surface area contributed by atoms with Gasteiger partial charge in [-0.1, -0.05) is 0 Å². The molecule has 1 unspecified atom stereocenters. The summed E-state index contributed by atoms with van der Waals surface area (Å²) in [6.07, 6.45) is 3.96. The fourth-order valence-electron chi connectivity index (χ4n) is 2.79. The molecular weight excluding hydrogens is 242 g/mol. The molecule has 0 spiro atoms. The van der Waals surface area contributed by atoms with Gasteiger partial charge in [-0.05, 0) is 38.5 Å². The first-order chi connectivity index (χ1) is 9.13. The predicted molar refractivity (Wildman–Crippen MR) is 73.5 cm³/mol. The maximum Gasteiger partial charge on any atom is 0.252 e. The normalized spacial score (nSPS) is 22.5. The maximum atomic E-state index is 11.7. The molecular formula is C14H21N3O2. The Bertz CT molecular complexity index is 500. The van der Waals surface area contributed by atoms with Crippen LogP contribution in [0.25, 0.3) is 0 Å². The number of hydrogen-bond acceptors (Lipinski definition) is 4. The first-order valence-electron chi connectivity index (χ1n) is 7.18. The molecule has 0 bridgehead atoms. The van der Waals surface area contributed by atoms with Crippen LogP contribution in [-0.4, -0.2) is 34.3 Å². The summed E-state index contributed by atoms with van der Waals surface area (Å²) in [5, 5.41) is 9.61. The molecule has 0 radical (unpaired) electrons. The third-order valence-corrected chi connectivity index (χ3v) is 4.26. The van der Waals surface area contributed by atoms with Gasteiger partial charge < -0.3 is 15.0 Å². The van der Waals surface area contributed by atoms with Gasteiger partial charge in [-0.3, -0.25) is 4.79 Å². The van der Waals surface area contributed by atoms with Crippen molar-refractivity contribution in [3.8, 4) is 0 Å². The van der Waals surface area contributed by atoms with Crippen molar-refractivity contribution in [3.05, 3.63) is 22.2 Å². The van der Waals surface area contributed by atoms with Crippen molar-refractivity contribution in [2.24, 2.45) is 5.92 Å². The summed E-state index contributed by atoms with van der Waals surface area (Å²) >= 11 is 0. The summed E-state index contributed by atoms with van der Waals surface area (Å²) in [6, 6.07) is 1.59. The Morgan fingerprint density at radius 2 is 2.05 bits per heavy atom. The van der Waals surface area contributed by atoms with Crippen LogP contribution in [0.3, 0.4) is 0 Å². The van der Waals surface area contributed by atoms with Crippen molar-refractivity contribution in [2.75, 3.05) is 18.0 Å². The van der Waals surface area contributed by atoms with E-state index in [0.717, 1.165) is 50.4 Å². The largest absolute Gasteiger partial charge is 0.393 e. The summed E-state index contributed by atoms with van der Waals surface area (Å²) in [5.74, 6) is 2.48. The van der Waals surface area contributed by atoms with E-state index < -0.39 is 0 Å². The Morgan fingerprint density at radius 3 is 2.63 bits per heavy atom. The quantitative estimate of drug-likeness (QED) is 0.861. The Balaban J connectivity index is 1.74. The number of aliphatic hydroxyl groups excluding tert-OH is 1. The first-order valence-corrected chi connectivity index (χ1v) is 7.18. The van der Waals surface area contributed by atoms with Gasteiger partial charge in [0.15, 0.2) is 0 Å². The van der Waals surface area contributed by atoms with Gasteiger partial charge in [0.05, 0.1) is 6.10 Å². The van der Waals surface area contributed by atoms with E-state index in [0.29, 0.717) is 11.8 Å². The highest BCUT2D eigenvalue weighted by Crippen LogP contribution is 2.38. The highest BCUT2D eigenvalue weighted by molar-refractivity contribution is 5.38. The highest BCUT2D eigenvalue weighted by Gasteiger charge is 2.28. The van der Waals surface area contributed by atoms with Gasteiger partial charge in [-0.2, -0.15) is 0 Å². The van der Waals surface area contributed by atoms with Crippen molar-refractivity contribution in [1.82, 2.24) is 9.97 Å². The number of aromatic amines is 1. The van der Waals surface area contributed by atoms with E-state index in [9.17, 15) is 9.90 Å². The molecule has 104 valence electrons. The Kier molecular flexibility index (Phi) is 3.31. The molecule has 1 aromatic heterocycles. The lowest BCUT2D eigenvalue weighted by atomic mass is 9.92. The number of rotatable bonds is 3. The molecule has 2 heterocycles. The van der Waals surface area contributed by atoms with Crippen molar-refractivity contribution in [1.29, 1.82) is 0 Å². The van der Waals surface area contributed by atoms with Crippen LogP contribution in [0.5, 0.6) is 0 Å². The Labute approximate surface area is 112 Å². The highest BCUT2D eigenvalue weighted by atomic mass is 16.3. The molecule has 1 aromatic rings. The average molecular weight is 263 g/mol. The van der Waals surface area contributed by atoms with E-state index in [4.69, 9.17) is 0 Å². The van der Waals surface area contributed by atoms with E-state index in [1.807, 2.05) is 6.92 Å². The van der Waals surface area contributed by atoms with Crippen molar-refractivity contribution in [3.63, 3.8) is 0 Å². The minimum absolute atomic E-state index is 0.0513. The minimum atomic E-state index is -0.240. The Morgan fingerprint density at radius 1 is 1.37 bits per heavy atom. The second kappa shape index (κ2) is 4.96. The van der Waals surface area contributed by atoms with Crippen LogP contribution in [-0.2, 0) is 0 Å². The number of piperidine rings is 1. The van der Waals surface area contributed by atoms with Gasteiger partial charge in [0, 0.05) is 25.1 Å². The summed E-state index contributed by atoms with van der Waals surface area (Å²) in [4.78, 5) is 21.3. The molecule has 1 aliphatic heterocycles. The number of aromatic nitrogens is 2. The van der Waals surface area contributed by atoms with Crippen LogP contribution in [0.2, 0.25) is 0 Å². The number of H-pyrrole nitrogens is 1. The average Bonchev–Trinajstić information content (AvgIpc) is 3.22. The van der Waals surface area contributed by atoms with Crippen LogP contribution >= 0.6 is 0 Å².